The van der Waals surface area contributed by atoms with Gasteiger partial charge in [-0.05, 0) is 29.5 Å². The standard InChI is InChI=1S/C8H7IN4O/c1-5-10-2-3-13(5)7-6(9)8(14)12-4-11-7/h2-4H,1H3,(H,11,12,14). The molecule has 72 valence electrons. The number of aromatic amines is 1. The average molecular weight is 302 g/mol. The molecule has 0 aromatic carbocycles. The van der Waals surface area contributed by atoms with E-state index < -0.39 is 0 Å². The van der Waals surface area contributed by atoms with E-state index in [1.54, 1.807) is 17.0 Å². The molecule has 2 aromatic heterocycles. The molecule has 0 aliphatic rings. The van der Waals surface area contributed by atoms with Crippen molar-refractivity contribution in [3.05, 3.63) is 38.5 Å². The molecule has 0 bridgehead atoms. The number of aryl methyl sites for hydroxylation is 1. The highest BCUT2D eigenvalue weighted by molar-refractivity contribution is 14.1. The van der Waals surface area contributed by atoms with Gasteiger partial charge in [-0.25, -0.2) is 9.97 Å². The number of hydrogen-bond acceptors (Lipinski definition) is 3. The van der Waals surface area contributed by atoms with Crippen molar-refractivity contribution in [2.45, 2.75) is 6.92 Å². The van der Waals surface area contributed by atoms with Gasteiger partial charge in [-0.15, -0.1) is 0 Å². The molecule has 0 spiro atoms. The van der Waals surface area contributed by atoms with Crippen LogP contribution in [-0.2, 0) is 0 Å². The van der Waals surface area contributed by atoms with E-state index in [0.29, 0.717) is 9.39 Å². The number of imidazole rings is 1. The first-order valence-corrected chi connectivity index (χ1v) is 5.01. The second-order valence-electron chi connectivity index (χ2n) is 2.71. The fraction of sp³-hybridized carbons (Fsp3) is 0.125. The van der Waals surface area contributed by atoms with E-state index in [2.05, 4.69) is 15.0 Å². The van der Waals surface area contributed by atoms with E-state index in [1.165, 1.54) is 6.33 Å². The van der Waals surface area contributed by atoms with Gasteiger partial charge in [-0.3, -0.25) is 9.36 Å². The quantitative estimate of drug-likeness (QED) is 0.795. The summed E-state index contributed by atoms with van der Waals surface area (Å²) in [6.07, 6.45) is 4.84. The zero-order valence-corrected chi connectivity index (χ0v) is 9.52. The van der Waals surface area contributed by atoms with Crippen molar-refractivity contribution in [3.63, 3.8) is 0 Å². The van der Waals surface area contributed by atoms with E-state index in [9.17, 15) is 4.79 Å². The van der Waals surface area contributed by atoms with Crippen molar-refractivity contribution in [2.75, 3.05) is 0 Å². The first kappa shape index (κ1) is 9.38. The smallest absolute Gasteiger partial charge is 0.266 e. The summed E-state index contributed by atoms with van der Waals surface area (Å²) in [5.41, 5.74) is -0.135. The number of aromatic nitrogens is 4. The molecule has 2 aromatic rings. The summed E-state index contributed by atoms with van der Waals surface area (Å²) in [6, 6.07) is 0. The number of rotatable bonds is 1. The fourth-order valence-corrected chi connectivity index (χ4v) is 1.70. The fourth-order valence-electron chi connectivity index (χ4n) is 1.14. The van der Waals surface area contributed by atoms with Crippen LogP contribution in [0, 0.1) is 10.5 Å². The van der Waals surface area contributed by atoms with Crippen molar-refractivity contribution in [2.24, 2.45) is 0 Å². The van der Waals surface area contributed by atoms with Crippen LogP contribution >= 0.6 is 22.6 Å². The molecule has 0 atom stereocenters. The summed E-state index contributed by atoms with van der Waals surface area (Å²) in [6.45, 7) is 1.86. The van der Waals surface area contributed by atoms with Gasteiger partial charge in [0, 0.05) is 12.4 Å². The third kappa shape index (κ3) is 1.45. The van der Waals surface area contributed by atoms with E-state index in [4.69, 9.17) is 0 Å². The lowest BCUT2D eigenvalue weighted by atomic mass is 10.5. The molecule has 0 unspecified atom stereocenters. The summed E-state index contributed by atoms with van der Waals surface area (Å²) < 4.78 is 2.34. The highest BCUT2D eigenvalue weighted by Crippen LogP contribution is 2.10. The van der Waals surface area contributed by atoms with Crippen LogP contribution in [0.5, 0.6) is 0 Å². The molecule has 2 heterocycles. The normalized spacial score (nSPS) is 10.4. The van der Waals surface area contributed by atoms with Gasteiger partial charge < -0.3 is 4.98 Å². The van der Waals surface area contributed by atoms with Crippen LogP contribution in [0.3, 0.4) is 0 Å². The predicted molar refractivity (Wildman–Crippen MR) is 59.4 cm³/mol. The third-order valence-corrected chi connectivity index (χ3v) is 2.80. The first-order valence-electron chi connectivity index (χ1n) is 3.93. The van der Waals surface area contributed by atoms with E-state index in [1.807, 2.05) is 29.5 Å². The summed E-state index contributed by atoms with van der Waals surface area (Å²) in [5.74, 6) is 1.42. The second kappa shape index (κ2) is 3.52. The minimum Gasteiger partial charge on any atom is -0.312 e. The Kier molecular flexibility index (Phi) is 2.36. The topological polar surface area (TPSA) is 63.6 Å². The number of H-pyrrole nitrogens is 1. The predicted octanol–water partition coefficient (Wildman–Crippen LogP) is 0.869. The van der Waals surface area contributed by atoms with Gasteiger partial charge in [0.2, 0.25) is 0 Å². The lowest BCUT2D eigenvalue weighted by molar-refractivity contribution is 0.902. The average Bonchev–Trinajstić information content (AvgIpc) is 2.57. The maximum absolute atomic E-state index is 11.3. The van der Waals surface area contributed by atoms with Crippen molar-refractivity contribution < 1.29 is 0 Å². The van der Waals surface area contributed by atoms with E-state index in [0.717, 1.165) is 5.82 Å². The molecule has 0 amide bonds. The Morgan fingerprint density at radius 1 is 1.50 bits per heavy atom. The van der Waals surface area contributed by atoms with E-state index in [-0.39, 0.29) is 5.56 Å². The SMILES string of the molecule is Cc1nccn1-c1nc[nH]c(=O)c1I. The van der Waals surface area contributed by atoms with Crippen LogP contribution in [0.1, 0.15) is 5.82 Å². The van der Waals surface area contributed by atoms with Gasteiger partial charge in [0.25, 0.3) is 5.56 Å². The Morgan fingerprint density at radius 2 is 2.29 bits per heavy atom. The number of hydrogen-bond donors (Lipinski definition) is 1. The summed E-state index contributed by atoms with van der Waals surface area (Å²) in [7, 11) is 0. The van der Waals surface area contributed by atoms with Crippen molar-refractivity contribution in [3.8, 4) is 5.82 Å². The molecule has 5 nitrogen and oxygen atoms in total. The molecule has 0 saturated carbocycles. The molecule has 6 heteroatoms. The van der Waals surface area contributed by atoms with Crippen LogP contribution in [0.15, 0.2) is 23.5 Å². The van der Waals surface area contributed by atoms with Gasteiger partial charge in [0.1, 0.15) is 9.39 Å². The number of nitrogens with zero attached hydrogens (tertiary/aromatic N) is 3. The molecule has 0 saturated heterocycles. The minimum atomic E-state index is -0.135. The van der Waals surface area contributed by atoms with E-state index >= 15 is 0 Å². The molecule has 0 fully saturated rings. The maximum Gasteiger partial charge on any atom is 0.266 e. The Bertz CT molecular complexity index is 516. The Balaban J connectivity index is 2.69. The maximum atomic E-state index is 11.3. The van der Waals surface area contributed by atoms with Gasteiger partial charge in [0.05, 0.1) is 6.33 Å². The van der Waals surface area contributed by atoms with Gasteiger partial charge >= 0.3 is 0 Å². The van der Waals surface area contributed by atoms with Crippen molar-refractivity contribution >= 4 is 22.6 Å². The molecule has 0 aliphatic heterocycles. The summed E-state index contributed by atoms with van der Waals surface area (Å²) >= 11 is 1.97. The molecule has 0 radical (unpaired) electrons. The monoisotopic (exact) mass is 302 g/mol. The van der Waals surface area contributed by atoms with Crippen LogP contribution in [0.2, 0.25) is 0 Å². The van der Waals surface area contributed by atoms with Crippen LogP contribution in [0.4, 0.5) is 0 Å². The molecular weight excluding hydrogens is 295 g/mol. The molecule has 2 rings (SSSR count). The second-order valence-corrected chi connectivity index (χ2v) is 3.79. The zero-order chi connectivity index (χ0) is 10.1. The third-order valence-electron chi connectivity index (χ3n) is 1.83. The van der Waals surface area contributed by atoms with Crippen molar-refractivity contribution in [1.29, 1.82) is 0 Å². The van der Waals surface area contributed by atoms with Crippen molar-refractivity contribution in [1.82, 2.24) is 19.5 Å². The molecular formula is C8H7IN4O. The molecule has 0 aliphatic carbocycles. The zero-order valence-electron chi connectivity index (χ0n) is 7.36. The summed E-state index contributed by atoms with van der Waals surface area (Å²) in [4.78, 5) is 22.0. The van der Waals surface area contributed by atoms with Crippen LogP contribution in [-0.4, -0.2) is 19.5 Å². The Hall–Kier alpha value is -1.18. The highest BCUT2D eigenvalue weighted by Gasteiger charge is 2.08. The molecule has 14 heavy (non-hydrogen) atoms. The number of nitrogens with one attached hydrogen (secondary N) is 1. The number of halogens is 1. The van der Waals surface area contributed by atoms with Gasteiger partial charge in [-0.1, -0.05) is 0 Å². The lowest BCUT2D eigenvalue weighted by Gasteiger charge is -2.04. The summed E-state index contributed by atoms with van der Waals surface area (Å²) in [5, 5.41) is 0. The lowest BCUT2D eigenvalue weighted by Crippen LogP contribution is -2.15. The van der Waals surface area contributed by atoms with Crippen LogP contribution < -0.4 is 5.56 Å². The first-order chi connectivity index (χ1) is 6.70. The van der Waals surface area contributed by atoms with Gasteiger partial charge in [-0.2, -0.15) is 0 Å². The molecule has 1 N–H and O–H groups in total. The Labute approximate surface area is 93.4 Å². The largest absolute Gasteiger partial charge is 0.312 e. The van der Waals surface area contributed by atoms with Crippen LogP contribution in [0.25, 0.3) is 5.82 Å². The highest BCUT2D eigenvalue weighted by atomic mass is 127. The van der Waals surface area contributed by atoms with Gasteiger partial charge in [0.15, 0.2) is 5.82 Å². The Morgan fingerprint density at radius 3 is 2.93 bits per heavy atom. The minimum absolute atomic E-state index is 0.135.